The Kier molecular flexibility index (Phi) is 5.07. The minimum atomic E-state index is 0.414. The predicted octanol–water partition coefficient (Wildman–Crippen LogP) is 2.60. The Morgan fingerprint density at radius 2 is 1.90 bits per heavy atom. The Labute approximate surface area is 126 Å². The van der Waals surface area contributed by atoms with E-state index in [9.17, 15) is 0 Å². The van der Waals surface area contributed by atoms with Gasteiger partial charge >= 0.3 is 0 Å². The lowest BCUT2D eigenvalue weighted by atomic mass is 9.98. The number of rotatable bonds is 6. The lowest BCUT2D eigenvalue weighted by Gasteiger charge is -2.18. The summed E-state index contributed by atoms with van der Waals surface area (Å²) in [6.07, 6.45) is 4.73. The quantitative estimate of drug-likeness (QED) is 0.830. The van der Waals surface area contributed by atoms with Crippen LogP contribution in [0.15, 0.2) is 12.5 Å². The van der Waals surface area contributed by atoms with Crippen molar-refractivity contribution in [3.63, 3.8) is 0 Å². The Morgan fingerprint density at radius 3 is 2.43 bits per heavy atom. The highest BCUT2D eigenvalue weighted by atomic mass is 15.1. The normalized spacial score (nSPS) is 12.6. The van der Waals surface area contributed by atoms with Gasteiger partial charge in [-0.2, -0.15) is 0 Å². The first-order chi connectivity index (χ1) is 10.0. The summed E-state index contributed by atoms with van der Waals surface area (Å²) in [5, 5.41) is 3.47. The average molecular weight is 287 g/mol. The first-order valence-electron chi connectivity index (χ1n) is 7.57. The monoisotopic (exact) mass is 287 g/mol. The van der Waals surface area contributed by atoms with E-state index in [0.717, 1.165) is 42.4 Å². The Bertz CT molecular complexity index is 579. The van der Waals surface area contributed by atoms with Crippen molar-refractivity contribution in [2.75, 3.05) is 13.1 Å². The van der Waals surface area contributed by atoms with Crippen LogP contribution in [0, 0.1) is 13.8 Å². The molecule has 0 amide bonds. The van der Waals surface area contributed by atoms with Crippen LogP contribution in [0.2, 0.25) is 0 Å². The molecule has 5 heteroatoms. The van der Waals surface area contributed by atoms with Crippen molar-refractivity contribution in [1.82, 2.24) is 24.8 Å². The molecule has 2 aromatic heterocycles. The van der Waals surface area contributed by atoms with Crippen molar-refractivity contribution in [2.24, 2.45) is 7.05 Å². The van der Waals surface area contributed by atoms with Gasteiger partial charge in [0.1, 0.15) is 5.69 Å². The molecule has 0 spiro atoms. The molecule has 0 aliphatic rings. The lowest BCUT2D eigenvalue weighted by molar-refractivity contribution is 0.601. The van der Waals surface area contributed by atoms with Gasteiger partial charge in [0, 0.05) is 25.0 Å². The number of aromatic nitrogens is 4. The second-order valence-electron chi connectivity index (χ2n) is 5.63. The molecule has 0 saturated heterocycles. The molecule has 0 aliphatic carbocycles. The molecule has 0 bridgehead atoms. The minimum Gasteiger partial charge on any atom is -0.331 e. The molecule has 1 N–H and O–H groups in total. The molecular weight excluding hydrogens is 262 g/mol. The van der Waals surface area contributed by atoms with Gasteiger partial charge < -0.3 is 9.88 Å². The van der Waals surface area contributed by atoms with Crippen molar-refractivity contribution in [3.05, 3.63) is 29.5 Å². The molecule has 2 rings (SSSR count). The molecule has 0 aromatic carbocycles. The molecule has 0 aliphatic heterocycles. The molecule has 2 heterocycles. The van der Waals surface area contributed by atoms with E-state index in [1.165, 1.54) is 5.56 Å². The highest BCUT2D eigenvalue weighted by molar-refractivity contribution is 5.50. The molecule has 2 aromatic rings. The molecule has 0 saturated carbocycles. The molecule has 0 radical (unpaired) electrons. The first kappa shape index (κ1) is 15.6. The van der Waals surface area contributed by atoms with Crippen LogP contribution in [0.5, 0.6) is 0 Å². The summed E-state index contributed by atoms with van der Waals surface area (Å²) in [6, 6.07) is 0. The molecule has 5 nitrogen and oxygen atoms in total. The number of nitrogens with zero attached hydrogens (tertiary/aromatic N) is 4. The molecule has 1 atom stereocenters. The van der Waals surface area contributed by atoms with Gasteiger partial charge in [-0.05, 0) is 38.3 Å². The zero-order chi connectivity index (χ0) is 15.4. The second-order valence-corrected chi connectivity index (χ2v) is 5.63. The van der Waals surface area contributed by atoms with Gasteiger partial charge in [0.05, 0.1) is 12.5 Å². The fraction of sp³-hybridized carbons (Fsp3) is 0.562. The number of hydrogen-bond donors (Lipinski definition) is 1. The SMILES string of the molecule is CCCNCC(C)c1c(C)nc(-c2cncn2C)nc1C. The van der Waals surface area contributed by atoms with Crippen LogP contribution in [-0.4, -0.2) is 32.6 Å². The highest BCUT2D eigenvalue weighted by Crippen LogP contribution is 2.24. The number of imidazole rings is 1. The van der Waals surface area contributed by atoms with E-state index in [4.69, 9.17) is 0 Å². The third kappa shape index (κ3) is 3.47. The minimum absolute atomic E-state index is 0.414. The smallest absolute Gasteiger partial charge is 0.178 e. The number of aryl methyl sites for hydroxylation is 3. The van der Waals surface area contributed by atoms with Gasteiger partial charge in [0.15, 0.2) is 5.82 Å². The third-order valence-electron chi connectivity index (χ3n) is 3.74. The Balaban J connectivity index is 2.27. The van der Waals surface area contributed by atoms with E-state index in [0.29, 0.717) is 5.92 Å². The van der Waals surface area contributed by atoms with E-state index in [1.807, 2.05) is 11.6 Å². The zero-order valence-electron chi connectivity index (χ0n) is 13.6. The van der Waals surface area contributed by atoms with Crippen LogP contribution in [0.25, 0.3) is 11.5 Å². The maximum atomic E-state index is 4.69. The van der Waals surface area contributed by atoms with Gasteiger partial charge in [-0.25, -0.2) is 15.0 Å². The van der Waals surface area contributed by atoms with E-state index >= 15 is 0 Å². The summed E-state index contributed by atoms with van der Waals surface area (Å²) >= 11 is 0. The van der Waals surface area contributed by atoms with E-state index in [2.05, 4.69) is 48.0 Å². The molecule has 1 unspecified atom stereocenters. The van der Waals surface area contributed by atoms with E-state index in [1.54, 1.807) is 12.5 Å². The topological polar surface area (TPSA) is 55.6 Å². The van der Waals surface area contributed by atoms with Crippen molar-refractivity contribution < 1.29 is 0 Å². The average Bonchev–Trinajstić information content (AvgIpc) is 2.84. The van der Waals surface area contributed by atoms with Crippen molar-refractivity contribution >= 4 is 0 Å². The van der Waals surface area contributed by atoms with Gasteiger partial charge in [0.25, 0.3) is 0 Å². The number of nitrogens with one attached hydrogen (secondary N) is 1. The summed E-state index contributed by atoms with van der Waals surface area (Å²) in [5.74, 6) is 1.17. The third-order valence-corrected chi connectivity index (χ3v) is 3.74. The van der Waals surface area contributed by atoms with Crippen molar-refractivity contribution in [3.8, 4) is 11.5 Å². The lowest BCUT2D eigenvalue weighted by Crippen LogP contribution is -2.22. The predicted molar refractivity (Wildman–Crippen MR) is 85.3 cm³/mol. The molecular formula is C16H25N5. The van der Waals surface area contributed by atoms with Gasteiger partial charge in [-0.3, -0.25) is 0 Å². The standard InChI is InChI=1S/C16H25N5/c1-6-7-17-8-11(2)15-12(3)19-16(20-13(15)4)14-9-18-10-21(14)5/h9-11,17H,6-8H2,1-5H3. The summed E-state index contributed by atoms with van der Waals surface area (Å²) in [4.78, 5) is 13.5. The van der Waals surface area contributed by atoms with Crippen LogP contribution >= 0.6 is 0 Å². The first-order valence-corrected chi connectivity index (χ1v) is 7.57. The highest BCUT2D eigenvalue weighted by Gasteiger charge is 2.16. The Hall–Kier alpha value is -1.75. The summed E-state index contributed by atoms with van der Waals surface area (Å²) < 4.78 is 1.94. The van der Waals surface area contributed by atoms with E-state index in [-0.39, 0.29) is 0 Å². The van der Waals surface area contributed by atoms with Crippen LogP contribution < -0.4 is 5.32 Å². The van der Waals surface area contributed by atoms with Crippen LogP contribution in [0.4, 0.5) is 0 Å². The molecule has 0 fully saturated rings. The zero-order valence-corrected chi connectivity index (χ0v) is 13.6. The number of hydrogen-bond acceptors (Lipinski definition) is 4. The van der Waals surface area contributed by atoms with Gasteiger partial charge in [-0.1, -0.05) is 13.8 Å². The fourth-order valence-corrected chi connectivity index (χ4v) is 2.72. The maximum absolute atomic E-state index is 4.69. The summed E-state index contributed by atoms with van der Waals surface area (Å²) in [5.41, 5.74) is 4.32. The second kappa shape index (κ2) is 6.80. The van der Waals surface area contributed by atoms with Crippen molar-refractivity contribution in [2.45, 2.75) is 40.0 Å². The molecule has 114 valence electrons. The largest absolute Gasteiger partial charge is 0.331 e. The fourth-order valence-electron chi connectivity index (χ4n) is 2.72. The van der Waals surface area contributed by atoms with Crippen LogP contribution in [-0.2, 0) is 7.05 Å². The summed E-state index contributed by atoms with van der Waals surface area (Å²) in [6.45, 7) is 10.6. The van der Waals surface area contributed by atoms with Crippen LogP contribution in [0.3, 0.4) is 0 Å². The van der Waals surface area contributed by atoms with Gasteiger partial charge in [-0.15, -0.1) is 0 Å². The van der Waals surface area contributed by atoms with Crippen LogP contribution in [0.1, 0.15) is 43.1 Å². The summed E-state index contributed by atoms with van der Waals surface area (Å²) in [7, 11) is 1.96. The maximum Gasteiger partial charge on any atom is 0.178 e. The van der Waals surface area contributed by atoms with Gasteiger partial charge in [0.2, 0.25) is 0 Å². The van der Waals surface area contributed by atoms with E-state index < -0.39 is 0 Å². The van der Waals surface area contributed by atoms with Crippen molar-refractivity contribution in [1.29, 1.82) is 0 Å². The Morgan fingerprint density at radius 1 is 1.24 bits per heavy atom. The molecule has 21 heavy (non-hydrogen) atoms.